The molecule has 0 spiro atoms. The van der Waals surface area contributed by atoms with Crippen LogP contribution in [0.2, 0.25) is 5.02 Å². The summed E-state index contributed by atoms with van der Waals surface area (Å²) in [5, 5.41) is 0.560. The number of rotatable bonds is 5. The van der Waals surface area contributed by atoms with Crippen LogP contribution in [0.3, 0.4) is 0 Å². The van der Waals surface area contributed by atoms with Crippen LogP contribution >= 0.6 is 11.6 Å². The van der Waals surface area contributed by atoms with E-state index in [1.165, 1.54) is 12.1 Å². The van der Waals surface area contributed by atoms with Crippen molar-refractivity contribution < 1.29 is 9.13 Å². The fourth-order valence-electron chi connectivity index (χ4n) is 1.96. The van der Waals surface area contributed by atoms with Crippen molar-refractivity contribution in [3.63, 3.8) is 0 Å². The standard InChI is InChI=1S/C16H17ClFNO/c1-11(19)9-13-3-2-4-15(17)16(13)20-10-12-5-7-14(18)8-6-12/h2-8,11H,9-10,19H2,1H3. The lowest BCUT2D eigenvalue weighted by molar-refractivity contribution is 0.302. The third-order valence-electron chi connectivity index (χ3n) is 2.89. The average Bonchev–Trinajstić information content (AvgIpc) is 2.39. The molecule has 0 saturated carbocycles. The molecule has 2 rings (SSSR count). The van der Waals surface area contributed by atoms with Gasteiger partial charge in [0.1, 0.15) is 18.2 Å². The van der Waals surface area contributed by atoms with E-state index >= 15 is 0 Å². The second kappa shape index (κ2) is 6.73. The van der Waals surface area contributed by atoms with Crippen molar-refractivity contribution in [2.24, 2.45) is 5.73 Å². The van der Waals surface area contributed by atoms with E-state index in [2.05, 4.69) is 0 Å². The van der Waals surface area contributed by atoms with Crippen molar-refractivity contribution >= 4 is 11.6 Å². The first-order chi connectivity index (χ1) is 9.56. The maximum atomic E-state index is 12.8. The third kappa shape index (κ3) is 3.95. The van der Waals surface area contributed by atoms with Gasteiger partial charge in [-0.2, -0.15) is 0 Å². The van der Waals surface area contributed by atoms with E-state index in [1.807, 2.05) is 19.1 Å². The fourth-order valence-corrected chi connectivity index (χ4v) is 2.21. The molecular formula is C16H17ClFNO. The Balaban J connectivity index is 2.13. The minimum atomic E-state index is -0.260. The molecule has 2 nitrogen and oxygen atoms in total. The number of para-hydroxylation sites is 1. The summed E-state index contributed by atoms with van der Waals surface area (Å²) in [6.07, 6.45) is 0.694. The van der Waals surface area contributed by atoms with Crippen molar-refractivity contribution in [2.75, 3.05) is 0 Å². The first kappa shape index (κ1) is 14.8. The van der Waals surface area contributed by atoms with Crippen molar-refractivity contribution in [2.45, 2.75) is 26.0 Å². The van der Waals surface area contributed by atoms with Crippen molar-refractivity contribution in [1.29, 1.82) is 0 Å². The van der Waals surface area contributed by atoms with Gasteiger partial charge in [0, 0.05) is 6.04 Å². The topological polar surface area (TPSA) is 35.2 Å². The minimum absolute atomic E-state index is 0.0293. The zero-order valence-corrected chi connectivity index (χ0v) is 12.0. The van der Waals surface area contributed by atoms with E-state index < -0.39 is 0 Å². The third-order valence-corrected chi connectivity index (χ3v) is 3.18. The van der Waals surface area contributed by atoms with Crippen LogP contribution in [-0.2, 0) is 13.0 Å². The molecule has 0 amide bonds. The lowest BCUT2D eigenvalue weighted by Gasteiger charge is -2.14. The molecule has 2 N–H and O–H groups in total. The van der Waals surface area contributed by atoms with Crippen LogP contribution < -0.4 is 10.5 Å². The Bertz CT molecular complexity index is 569. The first-order valence-corrected chi connectivity index (χ1v) is 6.84. The molecule has 4 heteroatoms. The normalized spacial score (nSPS) is 12.2. The summed E-state index contributed by atoms with van der Waals surface area (Å²) in [4.78, 5) is 0. The molecule has 0 radical (unpaired) electrons. The van der Waals surface area contributed by atoms with Gasteiger partial charge in [0.15, 0.2) is 0 Å². The van der Waals surface area contributed by atoms with Gasteiger partial charge in [0.05, 0.1) is 5.02 Å². The van der Waals surface area contributed by atoms with Crippen LogP contribution in [0.4, 0.5) is 4.39 Å². The van der Waals surface area contributed by atoms with Gasteiger partial charge in [-0.05, 0) is 42.7 Å². The van der Waals surface area contributed by atoms with Gasteiger partial charge >= 0.3 is 0 Å². The van der Waals surface area contributed by atoms with Crippen LogP contribution in [0.15, 0.2) is 42.5 Å². The number of benzene rings is 2. The highest BCUT2D eigenvalue weighted by atomic mass is 35.5. The van der Waals surface area contributed by atoms with Gasteiger partial charge in [-0.15, -0.1) is 0 Å². The molecule has 1 atom stereocenters. The Labute approximate surface area is 123 Å². The summed E-state index contributed by atoms with van der Waals surface area (Å²) in [5.41, 5.74) is 7.70. The molecule has 20 heavy (non-hydrogen) atoms. The number of halogens is 2. The van der Waals surface area contributed by atoms with Crippen molar-refractivity contribution in [3.8, 4) is 5.75 Å². The number of ether oxygens (including phenoxy) is 1. The molecule has 0 aliphatic heterocycles. The Morgan fingerprint density at radius 3 is 2.55 bits per heavy atom. The summed E-state index contributed by atoms with van der Waals surface area (Å²) < 4.78 is 18.6. The summed E-state index contributed by atoms with van der Waals surface area (Å²) in [5.74, 6) is 0.389. The molecule has 0 bridgehead atoms. The number of nitrogens with two attached hydrogens (primary N) is 1. The lowest BCUT2D eigenvalue weighted by atomic mass is 10.1. The van der Waals surface area contributed by atoms with Gasteiger partial charge in [0.2, 0.25) is 0 Å². The van der Waals surface area contributed by atoms with Crippen molar-refractivity contribution in [3.05, 3.63) is 64.4 Å². The highest BCUT2D eigenvalue weighted by molar-refractivity contribution is 6.32. The first-order valence-electron chi connectivity index (χ1n) is 6.46. The van der Waals surface area contributed by atoms with Crippen molar-refractivity contribution in [1.82, 2.24) is 0 Å². The minimum Gasteiger partial charge on any atom is -0.487 e. The Kier molecular flexibility index (Phi) is 4.99. The number of hydrogen-bond donors (Lipinski definition) is 1. The predicted octanol–water partition coefficient (Wildman–Crippen LogP) is 3.95. The maximum Gasteiger partial charge on any atom is 0.141 e. The van der Waals surface area contributed by atoms with E-state index in [-0.39, 0.29) is 11.9 Å². The van der Waals surface area contributed by atoms with E-state index in [4.69, 9.17) is 22.1 Å². The van der Waals surface area contributed by atoms with E-state index in [0.717, 1.165) is 11.1 Å². The fraction of sp³-hybridized carbons (Fsp3) is 0.250. The highest BCUT2D eigenvalue weighted by Gasteiger charge is 2.10. The Morgan fingerprint density at radius 2 is 1.90 bits per heavy atom. The Morgan fingerprint density at radius 1 is 1.20 bits per heavy atom. The van der Waals surface area contributed by atoms with E-state index in [1.54, 1.807) is 18.2 Å². The predicted molar refractivity (Wildman–Crippen MR) is 79.5 cm³/mol. The molecule has 2 aromatic rings. The summed E-state index contributed by atoms with van der Waals surface area (Å²) >= 11 is 6.18. The van der Waals surface area contributed by atoms with Gasteiger partial charge in [-0.1, -0.05) is 35.9 Å². The monoisotopic (exact) mass is 293 g/mol. The summed E-state index contributed by atoms with van der Waals surface area (Å²) in [7, 11) is 0. The molecule has 106 valence electrons. The van der Waals surface area contributed by atoms with Crippen LogP contribution in [0.1, 0.15) is 18.1 Å². The van der Waals surface area contributed by atoms with Gasteiger partial charge in [-0.3, -0.25) is 0 Å². The molecule has 1 unspecified atom stereocenters. The van der Waals surface area contributed by atoms with E-state index in [9.17, 15) is 4.39 Å². The molecule has 0 aliphatic carbocycles. The Hall–Kier alpha value is -1.58. The molecule has 0 saturated heterocycles. The highest BCUT2D eigenvalue weighted by Crippen LogP contribution is 2.30. The maximum absolute atomic E-state index is 12.8. The van der Waals surface area contributed by atoms with Crippen LogP contribution in [0, 0.1) is 5.82 Å². The molecular weight excluding hydrogens is 277 g/mol. The van der Waals surface area contributed by atoms with Gasteiger partial charge in [0.25, 0.3) is 0 Å². The SMILES string of the molecule is CC(N)Cc1cccc(Cl)c1OCc1ccc(F)cc1. The lowest BCUT2D eigenvalue weighted by Crippen LogP contribution is -2.18. The van der Waals surface area contributed by atoms with E-state index in [0.29, 0.717) is 23.8 Å². The zero-order chi connectivity index (χ0) is 14.5. The second-order valence-corrected chi connectivity index (χ2v) is 5.23. The molecule has 0 heterocycles. The van der Waals surface area contributed by atoms with Gasteiger partial charge in [-0.25, -0.2) is 4.39 Å². The molecule has 2 aromatic carbocycles. The summed E-state index contributed by atoms with van der Waals surface area (Å²) in [6, 6.07) is 11.9. The average molecular weight is 294 g/mol. The summed E-state index contributed by atoms with van der Waals surface area (Å²) in [6.45, 7) is 2.28. The van der Waals surface area contributed by atoms with Crippen LogP contribution in [0.25, 0.3) is 0 Å². The van der Waals surface area contributed by atoms with Gasteiger partial charge < -0.3 is 10.5 Å². The largest absolute Gasteiger partial charge is 0.487 e. The number of hydrogen-bond acceptors (Lipinski definition) is 2. The smallest absolute Gasteiger partial charge is 0.141 e. The molecule has 0 aromatic heterocycles. The zero-order valence-electron chi connectivity index (χ0n) is 11.3. The van der Waals surface area contributed by atoms with Crippen LogP contribution in [-0.4, -0.2) is 6.04 Å². The molecule has 0 fully saturated rings. The van der Waals surface area contributed by atoms with Crippen LogP contribution in [0.5, 0.6) is 5.75 Å². The second-order valence-electron chi connectivity index (χ2n) is 4.82. The molecule has 0 aliphatic rings. The quantitative estimate of drug-likeness (QED) is 0.906.